The Morgan fingerprint density at radius 3 is 2.65 bits per heavy atom. The lowest BCUT2D eigenvalue weighted by Crippen LogP contribution is -1.98. The van der Waals surface area contributed by atoms with Crippen molar-refractivity contribution in [3.63, 3.8) is 0 Å². The molecule has 0 bridgehead atoms. The van der Waals surface area contributed by atoms with Crippen molar-refractivity contribution in [2.45, 2.75) is 0 Å². The second-order valence-electron chi connectivity index (χ2n) is 3.30. The molecule has 2 aromatic rings. The molecule has 0 fully saturated rings. The van der Waals surface area contributed by atoms with Crippen molar-refractivity contribution in [1.82, 2.24) is 10.3 Å². The van der Waals surface area contributed by atoms with E-state index < -0.39 is 0 Å². The van der Waals surface area contributed by atoms with Crippen molar-refractivity contribution in [2.75, 3.05) is 0 Å². The van der Waals surface area contributed by atoms with Crippen molar-refractivity contribution in [3.8, 4) is 17.3 Å². The molecule has 1 aromatic carbocycles. The predicted molar refractivity (Wildman–Crippen MR) is 66.6 cm³/mol. The third-order valence-electron chi connectivity index (χ3n) is 2.20. The lowest BCUT2D eigenvalue weighted by Gasteiger charge is -2.00. The maximum Gasteiger partial charge on any atom is 0.182 e. The number of benzene rings is 1. The molecule has 0 aliphatic heterocycles. The Labute approximate surface area is 99.3 Å². The Hall–Kier alpha value is -2.67. The Morgan fingerprint density at radius 1 is 1.18 bits per heavy atom. The van der Waals surface area contributed by atoms with Crippen LogP contribution in [-0.2, 0) is 0 Å². The summed E-state index contributed by atoms with van der Waals surface area (Å²) in [6.45, 7) is 0. The van der Waals surface area contributed by atoms with Crippen LogP contribution in [0, 0.1) is 11.5 Å². The first kappa shape index (κ1) is 10.8. The maximum atomic E-state index is 8.28. The SMILES string of the molecule is N#CN/C=N/c1ccc(-c2cccnc2)cc1. The van der Waals surface area contributed by atoms with Crippen molar-refractivity contribution in [2.24, 2.45) is 4.99 Å². The van der Waals surface area contributed by atoms with Crippen LogP contribution in [0.1, 0.15) is 0 Å². The van der Waals surface area contributed by atoms with Gasteiger partial charge in [-0.05, 0) is 29.3 Å². The number of pyridine rings is 1. The van der Waals surface area contributed by atoms with E-state index in [1.807, 2.05) is 42.6 Å². The number of nitrogens with zero attached hydrogens (tertiary/aromatic N) is 3. The lowest BCUT2D eigenvalue weighted by molar-refractivity contribution is 1.29. The van der Waals surface area contributed by atoms with Crippen LogP contribution < -0.4 is 5.32 Å². The molecule has 1 heterocycles. The summed E-state index contributed by atoms with van der Waals surface area (Å²) in [6.07, 6.45) is 6.69. The normalized spacial score (nSPS) is 10.1. The fourth-order valence-electron chi connectivity index (χ4n) is 1.41. The zero-order chi connectivity index (χ0) is 11.9. The van der Waals surface area contributed by atoms with E-state index in [0.29, 0.717) is 0 Å². The summed E-state index contributed by atoms with van der Waals surface area (Å²) in [7, 11) is 0. The third-order valence-corrected chi connectivity index (χ3v) is 2.20. The van der Waals surface area contributed by atoms with Crippen LogP contribution in [-0.4, -0.2) is 11.3 Å². The Balaban J connectivity index is 2.17. The standard InChI is InChI=1S/C13H10N4/c14-9-16-10-17-13-5-3-11(4-6-13)12-2-1-7-15-8-12/h1-8,10H,(H,16,17). The first-order valence-electron chi connectivity index (χ1n) is 5.08. The minimum absolute atomic E-state index is 0.792. The highest BCUT2D eigenvalue weighted by atomic mass is 14.9. The number of rotatable bonds is 3. The van der Waals surface area contributed by atoms with E-state index in [1.54, 1.807) is 12.4 Å². The molecule has 0 aliphatic rings. The van der Waals surface area contributed by atoms with Gasteiger partial charge in [-0.1, -0.05) is 18.2 Å². The summed E-state index contributed by atoms with van der Waals surface area (Å²) in [4.78, 5) is 8.13. The molecule has 0 radical (unpaired) electrons. The van der Waals surface area contributed by atoms with Gasteiger partial charge in [-0.3, -0.25) is 10.3 Å². The highest BCUT2D eigenvalue weighted by Crippen LogP contribution is 2.21. The van der Waals surface area contributed by atoms with Gasteiger partial charge in [0.15, 0.2) is 6.19 Å². The number of nitrogens with one attached hydrogen (secondary N) is 1. The fourth-order valence-corrected chi connectivity index (χ4v) is 1.41. The van der Waals surface area contributed by atoms with E-state index in [2.05, 4.69) is 15.3 Å². The Morgan fingerprint density at radius 2 is 2.00 bits per heavy atom. The number of hydrogen-bond acceptors (Lipinski definition) is 3. The number of nitriles is 1. The van der Waals surface area contributed by atoms with Gasteiger partial charge in [-0.15, -0.1) is 0 Å². The van der Waals surface area contributed by atoms with Crippen LogP contribution in [0.2, 0.25) is 0 Å². The van der Waals surface area contributed by atoms with Crippen LogP contribution in [0.15, 0.2) is 53.8 Å². The average Bonchev–Trinajstić information content (AvgIpc) is 2.41. The van der Waals surface area contributed by atoms with Crippen LogP contribution in [0.4, 0.5) is 5.69 Å². The molecule has 0 saturated carbocycles. The van der Waals surface area contributed by atoms with Gasteiger partial charge in [0, 0.05) is 12.4 Å². The molecule has 0 saturated heterocycles. The fraction of sp³-hybridized carbons (Fsp3) is 0. The third kappa shape index (κ3) is 2.89. The van der Waals surface area contributed by atoms with E-state index in [4.69, 9.17) is 5.26 Å². The van der Waals surface area contributed by atoms with Crippen LogP contribution >= 0.6 is 0 Å². The van der Waals surface area contributed by atoms with Gasteiger partial charge in [0.05, 0.1) is 5.69 Å². The highest BCUT2D eigenvalue weighted by molar-refractivity contribution is 5.67. The Bertz CT molecular complexity index is 538. The Kier molecular flexibility index (Phi) is 3.46. The summed E-state index contributed by atoms with van der Waals surface area (Å²) in [5, 5.41) is 10.6. The molecule has 0 spiro atoms. The summed E-state index contributed by atoms with van der Waals surface area (Å²) in [6, 6.07) is 11.6. The van der Waals surface area contributed by atoms with Crippen LogP contribution in [0.25, 0.3) is 11.1 Å². The van der Waals surface area contributed by atoms with E-state index in [-0.39, 0.29) is 0 Å². The number of aromatic nitrogens is 1. The molecule has 0 aliphatic carbocycles. The maximum absolute atomic E-state index is 8.28. The minimum Gasteiger partial charge on any atom is -0.283 e. The van der Waals surface area contributed by atoms with E-state index in [0.717, 1.165) is 16.8 Å². The summed E-state index contributed by atoms with van der Waals surface area (Å²) < 4.78 is 0. The molecule has 1 aromatic heterocycles. The van der Waals surface area contributed by atoms with Crippen molar-refractivity contribution in [3.05, 3.63) is 48.8 Å². The quantitative estimate of drug-likeness (QED) is 0.375. The number of aliphatic imine (C=N–C) groups is 1. The van der Waals surface area contributed by atoms with Crippen LogP contribution in [0.3, 0.4) is 0 Å². The van der Waals surface area contributed by atoms with E-state index in [1.165, 1.54) is 6.34 Å². The molecule has 4 heteroatoms. The summed E-state index contributed by atoms with van der Waals surface area (Å²) in [5.74, 6) is 0. The summed E-state index contributed by atoms with van der Waals surface area (Å²) >= 11 is 0. The van der Waals surface area contributed by atoms with Gasteiger partial charge >= 0.3 is 0 Å². The highest BCUT2D eigenvalue weighted by Gasteiger charge is 1.96. The van der Waals surface area contributed by atoms with Gasteiger partial charge < -0.3 is 0 Å². The lowest BCUT2D eigenvalue weighted by atomic mass is 10.1. The second kappa shape index (κ2) is 5.42. The monoisotopic (exact) mass is 222 g/mol. The van der Waals surface area contributed by atoms with Gasteiger partial charge in [-0.2, -0.15) is 5.26 Å². The van der Waals surface area contributed by atoms with Gasteiger partial charge in [0.2, 0.25) is 0 Å². The molecule has 17 heavy (non-hydrogen) atoms. The molecule has 1 N–H and O–H groups in total. The first-order valence-corrected chi connectivity index (χ1v) is 5.08. The molecule has 0 atom stereocenters. The predicted octanol–water partition coefficient (Wildman–Crippen LogP) is 2.48. The molecule has 82 valence electrons. The zero-order valence-corrected chi connectivity index (χ0v) is 9.04. The van der Waals surface area contributed by atoms with Crippen molar-refractivity contribution < 1.29 is 0 Å². The first-order chi connectivity index (χ1) is 8.40. The van der Waals surface area contributed by atoms with Gasteiger partial charge in [-0.25, -0.2) is 4.99 Å². The molecule has 0 unspecified atom stereocenters. The molecule has 4 nitrogen and oxygen atoms in total. The van der Waals surface area contributed by atoms with Crippen molar-refractivity contribution in [1.29, 1.82) is 5.26 Å². The van der Waals surface area contributed by atoms with Crippen LogP contribution in [0.5, 0.6) is 0 Å². The minimum atomic E-state index is 0.792. The molecule has 2 rings (SSSR count). The van der Waals surface area contributed by atoms with Crippen molar-refractivity contribution >= 4 is 12.0 Å². The molecular formula is C13H10N4. The topological polar surface area (TPSA) is 61.1 Å². The van der Waals surface area contributed by atoms with Gasteiger partial charge in [0.1, 0.15) is 6.34 Å². The zero-order valence-electron chi connectivity index (χ0n) is 9.04. The van der Waals surface area contributed by atoms with E-state index >= 15 is 0 Å². The number of hydrogen-bond donors (Lipinski definition) is 1. The smallest absolute Gasteiger partial charge is 0.182 e. The second-order valence-corrected chi connectivity index (χ2v) is 3.30. The molecule has 0 amide bonds. The average molecular weight is 222 g/mol. The van der Waals surface area contributed by atoms with Gasteiger partial charge in [0.25, 0.3) is 0 Å². The van der Waals surface area contributed by atoms with E-state index in [9.17, 15) is 0 Å². The molecular weight excluding hydrogens is 212 g/mol. The summed E-state index contributed by atoms with van der Waals surface area (Å²) in [5.41, 5.74) is 2.95. The largest absolute Gasteiger partial charge is 0.283 e.